The van der Waals surface area contributed by atoms with Crippen LogP contribution in [0, 0.1) is 11.8 Å². The number of aliphatic hydroxyl groups is 1. The lowest BCUT2D eigenvalue weighted by atomic mass is 10.0. The molecule has 0 spiro atoms. The largest absolute Gasteiger partial charge is 0.392 e. The lowest BCUT2D eigenvalue weighted by Gasteiger charge is -2.25. The number of primary amides is 1. The summed E-state index contributed by atoms with van der Waals surface area (Å²) in [6.07, 6.45) is 0.772. The van der Waals surface area contributed by atoms with Gasteiger partial charge in [-0.05, 0) is 36.5 Å². The second-order valence-corrected chi connectivity index (χ2v) is 11.7. The van der Waals surface area contributed by atoms with Crippen LogP contribution >= 0.6 is 0 Å². The summed E-state index contributed by atoms with van der Waals surface area (Å²) in [5, 5.41) is 19.9. The van der Waals surface area contributed by atoms with Crippen molar-refractivity contribution in [2.75, 3.05) is 58.0 Å². The Morgan fingerprint density at radius 3 is 2.12 bits per heavy atom. The molecular formula is C32H50N6O10. The minimum atomic E-state index is -0.973. The van der Waals surface area contributed by atoms with Crippen molar-refractivity contribution < 1.29 is 48.1 Å². The van der Waals surface area contributed by atoms with Gasteiger partial charge in [-0.3, -0.25) is 28.9 Å². The fraction of sp³-hybridized carbons (Fsp3) is 0.625. The van der Waals surface area contributed by atoms with Crippen LogP contribution < -0.4 is 27.0 Å². The van der Waals surface area contributed by atoms with Crippen molar-refractivity contribution >= 4 is 41.3 Å². The number of nitrogens with one attached hydrogen (secondary N) is 4. The molecule has 2 rings (SSSR count). The Balaban J connectivity index is 1.71. The fourth-order valence-electron chi connectivity index (χ4n) is 4.70. The van der Waals surface area contributed by atoms with Crippen LogP contribution in [0.3, 0.4) is 0 Å². The minimum Gasteiger partial charge on any atom is -0.392 e. The highest BCUT2D eigenvalue weighted by Gasteiger charge is 2.35. The highest BCUT2D eigenvalue weighted by molar-refractivity contribution is 6.03. The topological polar surface area (TPSA) is 228 Å². The van der Waals surface area contributed by atoms with E-state index in [2.05, 4.69) is 21.3 Å². The third kappa shape index (κ3) is 14.8. The van der Waals surface area contributed by atoms with Crippen molar-refractivity contribution in [3.63, 3.8) is 0 Å². The molecule has 7 N–H and O–H groups in total. The van der Waals surface area contributed by atoms with Crippen LogP contribution in [0.5, 0.6) is 0 Å². The number of amides is 7. The Bertz CT molecular complexity index is 1210. The molecule has 16 nitrogen and oxygen atoms in total. The monoisotopic (exact) mass is 678 g/mol. The number of aliphatic hydroxyl groups excluding tert-OH is 1. The average Bonchev–Trinajstić information content (AvgIpc) is 3.29. The third-order valence-corrected chi connectivity index (χ3v) is 7.42. The molecule has 0 saturated carbocycles. The van der Waals surface area contributed by atoms with Crippen LogP contribution in [0.25, 0.3) is 0 Å². The van der Waals surface area contributed by atoms with Crippen molar-refractivity contribution in [3.8, 4) is 0 Å². The van der Waals surface area contributed by atoms with Gasteiger partial charge in [0.1, 0.15) is 12.1 Å². The summed E-state index contributed by atoms with van der Waals surface area (Å²) in [6.45, 7) is 6.97. The van der Waals surface area contributed by atoms with Crippen LogP contribution in [0.15, 0.2) is 24.3 Å². The van der Waals surface area contributed by atoms with Crippen molar-refractivity contribution in [1.29, 1.82) is 0 Å². The molecule has 1 saturated heterocycles. The first-order valence-corrected chi connectivity index (χ1v) is 16.1. The zero-order chi connectivity index (χ0) is 35.5. The summed E-state index contributed by atoms with van der Waals surface area (Å²) in [6, 6.07) is 3.98. The number of nitrogens with zero attached hydrogens (tertiary/aromatic N) is 1. The number of benzene rings is 1. The molecule has 48 heavy (non-hydrogen) atoms. The Morgan fingerprint density at radius 2 is 1.56 bits per heavy atom. The summed E-state index contributed by atoms with van der Waals surface area (Å²) >= 11 is 0. The Morgan fingerprint density at radius 1 is 0.938 bits per heavy atom. The summed E-state index contributed by atoms with van der Waals surface area (Å²) in [7, 11) is 0. The van der Waals surface area contributed by atoms with Gasteiger partial charge in [0, 0.05) is 31.0 Å². The van der Waals surface area contributed by atoms with Crippen molar-refractivity contribution in [3.05, 3.63) is 29.8 Å². The number of rotatable bonds is 23. The zero-order valence-corrected chi connectivity index (χ0v) is 28.0. The smallest absolute Gasteiger partial charge is 0.312 e. The van der Waals surface area contributed by atoms with Gasteiger partial charge in [-0.2, -0.15) is 0 Å². The van der Waals surface area contributed by atoms with Gasteiger partial charge in [0.15, 0.2) is 0 Å². The molecule has 268 valence electrons. The van der Waals surface area contributed by atoms with E-state index in [4.69, 9.17) is 19.9 Å². The summed E-state index contributed by atoms with van der Waals surface area (Å²) < 4.78 is 16.3. The second-order valence-electron chi connectivity index (χ2n) is 11.7. The molecule has 0 radical (unpaired) electrons. The molecule has 1 aromatic rings. The van der Waals surface area contributed by atoms with Gasteiger partial charge in [0.2, 0.25) is 29.5 Å². The number of imide groups is 1. The Kier molecular flexibility index (Phi) is 18.1. The molecule has 1 heterocycles. The standard InChI is InChI=1S/C32H50N6O10/c1-21(2)28(30(43)36-25(5-4-11-34-32(33)45)29(42)35-24-8-6-23(20-39)7-9-24)37-26(40)10-13-46-15-17-48-18-16-47-14-12-38-27(41)19-22(3)31(38)44/h6-9,21-22,25,28,39H,4-5,10-20H2,1-3H3,(H,35,42)(H,36,43)(H,37,40)(H3,33,34,45)/t22?,25-,28-/m0/s1. The fourth-order valence-corrected chi connectivity index (χ4v) is 4.70. The van der Waals surface area contributed by atoms with Gasteiger partial charge in [-0.15, -0.1) is 0 Å². The Hall–Kier alpha value is -4.12. The van der Waals surface area contributed by atoms with E-state index in [0.29, 0.717) is 24.3 Å². The lowest BCUT2D eigenvalue weighted by molar-refractivity contribution is -0.140. The maximum atomic E-state index is 13.2. The number of anilines is 1. The second kappa shape index (κ2) is 21.7. The van der Waals surface area contributed by atoms with Crippen molar-refractivity contribution in [2.24, 2.45) is 17.6 Å². The maximum Gasteiger partial charge on any atom is 0.312 e. The molecule has 1 unspecified atom stereocenters. The molecule has 1 aliphatic rings. The summed E-state index contributed by atoms with van der Waals surface area (Å²) in [4.78, 5) is 74.9. The molecule has 1 aliphatic heterocycles. The zero-order valence-electron chi connectivity index (χ0n) is 28.0. The first-order valence-electron chi connectivity index (χ1n) is 16.1. The molecule has 7 amide bonds. The number of carbonyl (C=O) groups is 6. The average molecular weight is 679 g/mol. The number of hydrogen-bond acceptors (Lipinski definition) is 10. The van der Waals surface area contributed by atoms with Gasteiger partial charge < -0.3 is 46.3 Å². The SMILES string of the molecule is CC1CC(=O)N(CCOCCOCCOCCC(=O)N[C@H](C(=O)N[C@@H](CCCNC(N)=O)C(=O)Nc2ccc(CO)cc2)C(C)C)C1=O. The number of hydrogen-bond donors (Lipinski definition) is 6. The predicted molar refractivity (Wildman–Crippen MR) is 174 cm³/mol. The summed E-state index contributed by atoms with van der Waals surface area (Å²) in [5.41, 5.74) is 6.26. The van der Waals surface area contributed by atoms with Gasteiger partial charge in [-0.25, -0.2) is 4.79 Å². The normalized spacial score (nSPS) is 15.7. The lowest BCUT2D eigenvalue weighted by Crippen LogP contribution is -2.54. The number of likely N-dealkylation sites (tertiary alicyclic amines) is 1. The van der Waals surface area contributed by atoms with Crippen LogP contribution in [0.1, 0.15) is 52.0 Å². The first-order chi connectivity index (χ1) is 22.9. The minimum absolute atomic E-state index is 0.00128. The number of nitrogens with two attached hydrogens (primary N) is 1. The van der Waals surface area contributed by atoms with E-state index in [-0.39, 0.29) is 95.6 Å². The maximum absolute atomic E-state index is 13.2. The van der Waals surface area contributed by atoms with Crippen LogP contribution in [0.2, 0.25) is 0 Å². The van der Waals surface area contributed by atoms with E-state index < -0.39 is 35.8 Å². The van der Waals surface area contributed by atoms with E-state index in [0.717, 1.165) is 0 Å². The van der Waals surface area contributed by atoms with E-state index in [1.165, 1.54) is 4.90 Å². The van der Waals surface area contributed by atoms with Crippen LogP contribution in [-0.4, -0.2) is 110 Å². The molecule has 1 fully saturated rings. The van der Waals surface area contributed by atoms with Gasteiger partial charge in [-0.1, -0.05) is 32.9 Å². The van der Waals surface area contributed by atoms with E-state index >= 15 is 0 Å². The van der Waals surface area contributed by atoms with E-state index in [9.17, 15) is 33.9 Å². The molecule has 0 aliphatic carbocycles. The first kappa shape index (κ1) is 40.1. The number of ether oxygens (including phenoxy) is 3. The van der Waals surface area contributed by atoms with E-state index in [1.807, 2.05) is 0 Å². The molecule has 16 heteroatoms. The van der Waals surface area contributed by atoms with Crippen molar-refractivity contribution in [2.45, 2.75) is 65.1 Å². The molecule has 1 aromatic carbocycles. The van der Waals surface area contributed by atoms with Gasteiger partial charge >= 0.3 is 6.03 Å². The number of carbonyl (C=O) groups excluding carboxylic acids is 6. The van der Waals surface area contributed by atoms with Crippen LogP contribution in [0.4, 0.5) is 10.5 Å². The number of urea groups is 1. The molecule has 0 bridgehead atoms. The van der Waals surface area contributed by atoms with Gasteiger partial charge in [0.05, 0.1) is 52.8 Å². The molecular weight excluding hydrogens is 628 g/mol. The Labute approximate surface area is 280 Å². The highest BCUT2D eigenvalue weighted by Crippen LogP contribution is 2.18. The van der Waals surface area contributed by atoms with Crippen molar-refractivity contribution in [1.82, 2.24) is 20.9 Å². The van der Waals surface area contributed by atoms with Gasteiger partial charge in [0.25, 0.3) is 0 Å². The predicted octanol–water partition coefficient (Wildman–Crippen LogP) is 0.0264. The molecule has 3 atom stereocenters. The third-order valence-electron chi connectivity index (χ3n) is 7.42. The summed E-state index contributed by atoms with van der Waals surface area (Å²) in [5.74, 6) is -2.36. The van der Waals surface area contributed by atoms with E-state index in [1.54, 1.807) is 45.0 Å². The molecule has 0 aromatic heterocycles. The highest BCUT2D eigenvalue weighted by atomic mass is 16.5. The van der Waals surface area contributed by atoms with Crippen LogP contribution in [-0.2, 0) is 44.8 Å². The quantitative estimate of drug-likeness (QED) is 0.0672.